The topological polar surface area (TPSA) is 81.0 Å². The van der Waals surface area contributed by atoms with Gasteiger partial charge in [0.25, 0.3) is 5.56 Å². The lowest BCUT2D eigenvalue weighted by Crippen LogP contribution is -2.47. The molecule has 0 radical (unpaired) electrons. The molecule has 1 saturated carbocycles. The van der Waals surface area contributed by atoms with Crippen LogP contribution in [0, 0.1) is 0 Å². The van der Waals surface area contributed by atoms with Crippen LogP contribution in [0.2, 0.25) is 0 Å². The van der Waals surface area contributed by atoms with E-state index < -0.39 is 0 Å². The summed E-state index contributed by atoms with van der Waals surface area (Å²) in [5.74, 6) is 0. The zero-order valence-electron chi connectivity index (χ0n) is 11.0. The maximum atomic E-state index is 12.2. The molecule has 0 unspecified atom stereocenters. The van der Waals surface area contributed by atoms with E-state index in [1.807, 2.05) is 0 Å². The van der Waals surface area contributed by atoms with Gasteiger partial charge in [-0.2, -0.15) is 0 Å². The SMILES string of the molecule is O=C(NC1CCCCC1)N1CCc2c([nH][nH]c2=O)C1. The lowest BCUT2D eigenvalue weighted by atomic mass is 9.96. The number of carbonyl (C=O) groups excluding carboxylic acids is 1. The zero-order valence-corrected chi connectivity index (χ0v) is 11.0. The fourth-order valence-electron chi connectivity index (χ4n) is 3.02. The Morgan fingerprint density at radius 3 is 2.79 bits per heavy atom. The second-order valence-corrected chi connectivity index (χ2v) is 5.49. The molecule has 104 valence electrons. The van der Waals surface area contributed by atoms with Crippen LogP contribution in [-0.4, -0.2) is 33.7 Å². The molecule has 6 heteroatoms. The molecule has 1 aromatic heterocycles. The van der Waals surface area contributed by atoms with Gasteiger partial charge in [0.2, 0.25) is 0 Å². The van der Waals surface area contributed by atoms with Crippen LogP contribution in [0.25, 0.3) is 0 Å². The number of nitrogens with one attached hydrogen (secondary N) is 3. The number of aromatic amines is 2. The van der Waals surface area contributed by atoms with Gasteiger partial charge in [-0.05, 0) is 19.3 Å². The highest BCUT2D eigenvalue weighted by atomic mass is 16.2. The summed E-state index contributed by atoms with van der Waals surface area (Å²) in [7, 11) is 0. The number of amides is 2. The van der Waals surface area contributed by atoms with E-state index in [9.17, 15) is 9.59 Å². The number of hydrogen-bond acceptors (Lipinski definition) is 2. The lowest BCUT2D eigenvalue weighted by Gasteiger charge is -2.30. The molecule has 3 rings (SSSR count). The van der Waals surface area contributed by atoms with Crippen molar-refractivity contribution in [3.8, 4) is 0 Å². The second-order valence-electron chi connectivity index (χ2n) is 5.49. The van der Waals surface area contributed by atoms with Crippen LogP contribution in [0.1, 0.15) is 43.4 Å². The number of hydrogen-bond donors (Lipinski definition) is 3. The van der Waals surface area contributed by atoms with Crippen molar-refractivity contribution in [3.63, 3.8) is 0 Å². The second kappa shape index (κ2) is 5.11. The van der Waals surface area contributed by atoms with Gasteiger partial charge in [-0.25, -0.2) is 4.79 Å². The number of H-pyrrole nitrogens is 2. The van der Waals surface area contributed by atoms with Crippen molar-refractivity contribution in [3.05, 3.63) is 21.6 Å². The van der Waals surface area contributed by atoms with Gasteiger partial charge in [0.1, 0.15) is 0 Å². The van der Waals surface area contributed by atoms with Crippen molar-refractivity contribution < 1.29 is 4.79 Å². The maximum absolute atomic E-state index is 12.2. The minimum absolute atomic E-state index is 0.000371. The van der Waals surface area contributed by atoms with Gasteiger partial charge in [-0.3, -0.25) is 9.89 Å². The van der Waals surface area contributed by atoms with Gasteiger partial charge in [0.05, 0.1) is 12.2 Å². The third kappa shape index (κ3) is 2.52. The Hall–Kier alpha value is -1.72. The van der Waals surface area contributed by atoms with Crippen LogP contribution >= 0.6 is 0 Å². The van der Waals surface area contributed by atoms with Gasteiger partial charge >= 0.3 is 6.03 Å². The Bertz CT molecular complexity index is 513. The number of urea groups is 1. The summed E-state index contributed by atoms with van der Waals surface area (Å²) in [6, 6.07) is 0.326. The standard InChI is InChI=1S/C13H20N4O2/c18-12-10-6-7-17(8-11(10)15-16-12)13(19)14-9-4-2-1-3-5-9/h9H,1-8H2,(H,14,19)(H2,15,16,18). The molecule has 2 aliphatic rings. The summed E-state index contributed by atoms with van der Waals surface area (Å²) in [5.41, 5.74) is 1.58. The summed E-state index contributed by atoms with van der Waals surface area (Å²) < 4.78 is 0. The first-order chi connectivity index (χ1) is 9.24. The Balaban J connectivity index is 1.61. The summed E-state index contributed by atoms with van der Waals surface area (Å²) in [4.78, 5) is 25.4. The molecule has 0 atom stereocenters. The third-order valence-electron chi connectivity index (χ3n) is 4.17. The smallest absolute Gasteiger partial charge is 0.317 e. The van der Waals surface area contributed by atoms with E-state index in [-0.39, 0.29) is 11.6 Å². The Labute approximate surface area is 111 Å². The quantitative estimate of drug-likeness (QED) is 0.710. The van der Waals surface area contributed by atoms with Gasteiger partial charge < -0.3 is 15.3 Å². The molecule has 2 heterocycles. The highest BCUT2D eigenvalue weighted by molar-refractivity contribution is 5.74. The monoisotopic (exact) mass is 264 g/mol. The molecule has 2 amide bonds. The summed E-state index contributed by atoms with van der Waals surface area (Å²) in [6.07, 6.45) is 6.51. The molecule has 1 fully saturated rings. The molecule has 0 bridgehead atoms. The minimum atomic E-state index is -0.0534. The van der Waals surface area contributed by atoms with E-state index in [0.29, 0.717) is 25.6 Å². The molecule has 1 aliphatic heterocycles. The van der Waals surface area contributed by atoms with E-state index in [1.165, 1.54) is 19.3 Å². The molecule has 0 spiro atoms. The highest BCUT2D eigenvalue weighted by Gasteiger charge is 2.25. The highest BCUT2D eigenvalue weighted by Crippen LogP contribution is 2.18. The van der Waals surface area contributed by atoms with E-state index >= 15 is 0 Å². The van der Waals surface area contributed by atoms with Crippen LogP contribution in [0.4, 0.5) is 4.79 Å². The molecular formula is C13H20N4O2. The van der Waals surface area contributed by atoms with Gasteiger partial charge in [0.15, 0.2) is 0 Å². The molecule has 0 aromatic carbocycles. The van der Waals surface area contributed by atoms with E-state index in [2.05, 4.69) is 15.5 Å². The van der Waals surface area contributed by atoms with Crippen LogP contribution in [0.15, 0.2) is 4.79 Å². The van der Waals surface area contributed by atoms with Crippen LogP contribution in [0.5, 0.6) is 0 Å². The van der Waals surface area contributed by atoms with E-state index in [1.54, 1.807) is 4.90 Å². The predicted octanol–water partition coefficient (Wildman–Crippen LogP) is 1.10. The number of fused-ring (bicyclic) bond motifs is 1. The van der Waals surface area contributed by atoms with Crippen molar-refractivity contribution in [2.75, 3.05) is 6.54 Å². The Kier molecular flexibility index (Phi) is 3.31. The molecule has 6 nitrogen and oxygen atoms in total. The van der Waals surface area contributed by atoms with Gasteiger partial charge in [-0.15, -0.1) is 0 Å². The van der Waals surface area contributed by atoms with Crippen LogP contribution in [0.3, 0.4) is 0 Å². The normalized spacial score (nSPS) is 20.1. The third-order valence-corrected chi connectivity index (χ3v) is 4.17. The lowest BCUT2D eigenvalue weighted by molar-refractivity contribution is 0.184. The van der Waals surface area contributed by atoms with Crippen molar-refractivity contribution >= 4 is 6.03 Å². The number of aromatic nitrogens is 2. The molecule has 19 heavy (non-hydrogen) atoms. The van der Waals surface area contributed by atoms with Crippen molar-refractivity contribution in [2.45, 2.75) is 51.1 Å². The predicted molar refractivity (Wildman–Crippen MR) is 70.9 cm³/mol. The van der Waals surface area contributed by atoms with Gasteiger partial charge in [0, 0.05) is 18.2 Å². The molecule has 0 saturated heterocycles. The van der Waals surface area contributed by atoms with Gasteiger partial charge in [-0.1, -0.05) is 19.3 Å². The summed E-state index contributed by atoms with van der Waals surface area (Å²) in [5, 5.41) is 8.55. The van der Waals surface area contributed by atoms with Crippen molar-refractivity contribution in [1.29, 1.82) is 0 Å². The summed E-state index contributed by atoms with van der Waals surface area (Å²) >= 11 is 0. The zero-order chi connectivity index (χ0) is 13.2. The van der Waals surface area contributed by atoms with Crippen molar-refractivity contribution in [2.24, 2.45) is 0 Å². The fraction of sp³-hybridized carbons (Fsp3) is 0.692. The minimum Gasteiger partial charge on any atom is -0.335 e. The van der Waals surface area contributed by atoms with E-state index in [0.717, 1.165) is 24.1 Å². The molecule has 3 N–H and O–H groups in total. The van der Waals surface area contributed by atoms with Crippen LogP contribution in [-0.2, 0) is 13.0 Å². The Morgan fingerprint density at radius 1 is 1.21 bits per heavy atom. The molecule has 1 aromatic rings. The first kappa shape index (κ1) is 12.3. The first-order valence-corrected chi connectivity index (χ1v) is 7.08. The molecular weight excluding hydrogens is 244 g/mol. The average molecular weight is 264 g/mol. The maximum Gasteiger partial charge on any atom is 0.317 e. The largest absolute Gasteiger partial charge is 0.335 e. The molecule has 1 aliphatic carbocycles. The van der Waals surface area contributed by atoms with Crippen LogP contribution < -0.4 is 10.9 Å². The summed E-state index contributed by atoms with van der Waals surface area (Å²) in [6.45, 7) is 1.11. The fourth-order valence-corrected chi connectivity index (χ4v) is 3.02. The Morgan fingerprint density at radius 2 is 2.00 bits per heavy atom. The first-order valence-electron chi connectivity index (χ1n) is 7.08. The number of rotatable bonds is 1. The van der Waals surface area contributed by atoms with E-state index in [4.69, 9.17) is 0 Å². The number of carbonyl (C=O) groups is 1. The average Bonchev–Trinajstić information content (AvgIpc) is 2.81. The van der Waals surface area contributed by atoms with Crippen molar-refractivity contribution in [1.82, 2.24) is 20.4 Å². The number of nitrogens with zero attached hydrogens (tertiary/aromatic N) is 1.